The van der Waals surface area contributed by atoms with Crippen LogP contribution in [0.15, 0.2) is 48.7 Å². The number of benzene rings is 2. The van der Waals surface area contributed by atoms with Crippen LogP contribution in [-0.2, 0) is 11.8 Å². The monoisotopic (exact) mass is 404 g/mol. The number of hydrogen-bond acceptors (Lipinski definition) is 4. The number of aryl methyl sites for hydroxylation is 1. The van der Waals surface area contributed by atoms with Crippen molar-refractivity contribution in [2.75, 3.05) is 26.2 Å². The van der Waals surface area contributed by atoms with E-state index in [-0.39, 0.29) is 11.8 Å². The Morgan fingerprint density at radius 1 is 0.933 bits per heavy atom. The zero-order chi connectivity index (χ0) is 20.9. The molecule has 1 saturated carbocycles. The number of rotatable bonds is 3. The van der Waals surface area contributed by atoms with Gasteiger partial charge in [-0.05, 0) is 42.2 Å². The molecule has 1 saturated heterocycles. The normalized spacial score (nSPS) is 17.9. The van der Waals surface area contributed by atoms with E-state index in [0.717, 1.165) is 22.0 Å². The minimum atomic E-state index is -1.14. The lowest BCUT2D eigenvalue weighted by Crippen LogP contribution is -2.53. The number of fused-ring (bicyclic) bond motifs is 1. The summed E-state index contributed by atoms with van der Waals surface area (Å²) in [5.41, 5.74) is 2.69. The molecule has 7 heteroatoms. The smallest absolute Gasteiger partial charge is 0.254 e. The second-order valence-corrected chi connectivity index (χ2v) is 8.24. The molecular weight excluding hydrogens is 380 g/mol. The largest absolute Gasteiger partial charge is 0.380 e. The first-order valence-electron chi connectivity index (χ1n) is 10.3. The number of carbonyl (C=O) groups is 2. The number of piperazine rings is 1. The maximum Gasteiger partial charge on any atom is 0.254 e. The van der Waals surface area contributed by atoms with Crippen molar-refractivity contribution in [3.63, 3.8) is 0 Å². The van der Waals surface area contributed by atoms with Crippen molar-refractivity contribution < 1.29 is 14.7 Å². The fourth-order valence-corrected chi connectivity index (χ4v) is 4.05. The van der Waals surface area contributed by atoms with E-state index in [2.05, 4.69) is 23.3 Å². The molecule has 2 amide bonds. The molecule has 0 bridgehead atoms. The molecule has 1 N–H and O–H groups in total. The third kappa shape index (κ3) is 3.25. The van der Waals surface area contributed by atoms with Gasteiger partial charge in [0, 0.05) is 44.2 Å². The van der Waals surface area contributed by atoms with E-state index in [1.54, 1.807) is 9.80 Å². The molecule has 30 heavy (non-hydrogen) atoms. The number of aromatic nitrogens is 2. The van der Waals surface area contributed by atoms with Gasteiger partial charge in [0.2, 0.25) is 0 Å². The van der Waals surface area contributed by atoms with E-state index < -0.39 is 5.60 Å². The van der Waals surface area contributed by atoms with Gasteiger partial charge in [0.05, 0.1) is 11.7 Å². The first kappa shape index (κ1) is 18.8. The summed E-state index contributed by atoms with van der Waals surface area (Å²) < 4.78 is 1.85. The van der Waals surface area contributed by atoms with Crippen molar-refractivity contribution in [2.45, 2.75) is 18.4 Å². The van der Waals surface area contributed by atoms with Gasteiger partial charge in [-0.25, -0.2) is 0 Å². The summed E-state index contributed by atoms with van der Waals surface area (Å²) >= 11 is 0. The molecule has 7 nitrogen and oxygen atoms in total. The molecule has 1 aliphatic carbocycles. The van der Waals surface area contributed by atoms with Crippen molar-refractivity contribution in [3.05, 3.63) is 54.2 Å². The van der Waals surface area contributed by atoms with E-state index in [0.29, 0.717) is 44.6 Å². The van der Waals surface area contributed by atoms with Gasteiger partial charge in [0.25, 0.3) is 11.8 Å². The quantitative estimate of drug-likeness (QED) is 0.725. The molecule has 0 spiro atoms. The second kappa shape index (κ2) is 6.95. The Balaban J connectivity index is 1.26. The van der Waals surface area contributed by atoms with E-state index in [1.165, 1.54) is 0 Å². The summed E-state index contributed by atoms with van der Waals surface area (Å²) in [6.07, 6.45) is 2.94. The highest BCUT2D eigenvalue weighted by Gasteiger charge is 2.50. The highest BCUT2D eigenvalue weighted by molar-refractivity contribution is 5.95. The lowest BCUT2D eigenvalue weighted by Gasteiger charge is -2.35. The molecule has 1 aliphatic heterocycles. The first-order chi connectivity index (χ1) is 14.4. The maximum atomic E-state index is 12.9. The van der Waals surface area contributed by atoms with Gasteiger partial charge in [-0.1, -0.05) is 24.3 Å². The third-order valence-electron chi connectivity index (χ3n) is 6.19. The van der Waals surface area contributed by atoms with Gasteiger partial charge in [-0.2, -0.15) is 5.10 Å². The summed E-state index contributed by atoms with van der Waals surface area (Å²) in [6.45, 7) is 1.91. The molecule has 2 fully saturated rings. The second-order valence-electron chi connectivity index (χ2n) is 8.24. The Labute approximate surface area is 174 Å². The van der Waals surface area contributed by atoms with Crippen LogP contribution < -0.4 is 0 Å². The SMILES string of the molecule is Cn1ncc2ccc(-c3ccc(C(=O)N4CCN(C(=O)C5(O)CC5)CC4)cc3)cc21. The third-order valence-corrected chi connectivity index (χ3v) is 6.19. The Morgan fingerprint density at radius 3 is 2.23 bits per heavy atom. The van der Waals surface area contributed by atoms with E-state index in [4.69, 9.17) is 0 Å². The van der Waals surface area contributed by atoms with Crippen LogP contribution in [0.25, 0.3) is 22.0 Å². The highest BCUT2D eigenvalue weighted by Crippen LogP contribution is 2.37. The van der Waals surface area contributed by atoms with Gasteiger partial charge < -0.3 is 14.9 Å². The predicted octanol–water partition coefficient (Wildman–Crippen LogP) is 2.05. The number of amides is 2. The lowest BCUT2D eigenvalue weighted by atomic mass is 10.0. The summed E-state index contributed by atoms with van der Waals surface area (Å²) in [6, 6.07) is 13.9. The predicted molar refractivity (Wildman–Crippen MR) is 113 cm³/mol. The summed E-state index contributed by atoms with van der Waals surface area (Å²) in [5.74, 6) is -0.217. The Hall–Kier alpha value is -3.19. The van der Waals surface area contributed by atoms with E-state index >= 15 is 0 Å². The fourth-order valence-electron chi connectivity index (χ4n) is 4.05. The van der Waals surface area contributed by atoms with Crippen molar-refractivity contribution in [3.8, 4) is 11.1 Å². The van der Waals surface area contributed by atoms with Crippen molar-refractivity contribution >= 4 is 22.7 Å². The average Bonchev–Trinajstić information content (AvgIpc) is 3.44. The van der Waals surface area contributed by atoms with Gasteiger partial charge in [-0.3, -0.25) is 14.3 Å². The number of nitrogens with zero attached hydrogens (tertiary/aromatic N) is 4. The van der Waals surface area contributed by atoms with E-state index in [9.17, 15) is 14.7 Å². The van der Waals surface area contributed by atoms with Crippen LogP contribution in [0, 0.1) is 0 Å². The highest BCUT2D eigenvalue weighted by atomic mass is 16.3. The minimum Gasteiger partial charge on any atom is -0.380 e. The van der Waals surface area contributed by atoms with Crippen LogP contribution in [0.5, 0.6) is 0 Å². The van der Waals surface area contributed by atoms with Gasteiger partial charge in [0.15, 0.2) is 0 Å². The minimum absolute atomic E-state index is 0.0270. The molecule has 5 rings (SSSR count). The number of aliphatic hydroxyl groups is 1. The molecular formula is C23H24N4O3. The number of hydrogen-bond donors (Lipinski definition) is 1. The van der Waals surface area contributed by atoms with Crippen LogP contribution in [0.2, 0.25) is 0 Å². The summed E-state index contributed by atoms with van der Waals surface area (Å²) in [5, 5.41) is 15.4. The van der Waals surface area contributed by atoms with Crippen LogP contribution in [0.1, 0.15) is 23.2 Å². The molecule has 0 radical (unpaired) electrons. The zero-order valence-electron chi connectivity index (χ0n) is 16.9. The average molecular weight is 404 g/mol. The van der Waals surface area contributed by atoms with Crippen LogP contribution in [0.4, 0.5) is 0 Å². The van der Waals surface area contributed by atoms with Gasteiger partial charge in [0.1, 0.15) is 5.60 Å². The van der Waals surface area contributed by atoms with Crippen LogP contribution in [-0.4, -0.2) is 68.3 Å². The maximum absolute atomic E-state index is 12.9. The number of carbonyl (C=O) groups excluding carboxylic acids is 2. The summed E-state index contributed by atoms with van der Waals surface area (Å²) in [7, 11) is 1.92. The van der Waals surface area contributed by atoms with E-state index in [1.807, 2.05) is 42.2 Å². The van der Waals surface area contributed by atoms with Crippen molar-refractivity contribution in [1.82, 2.24) is 19.6 Å². The standard InChI is InChI=1S/C23H24N4O3/c1-25-20-14-18(6-7-19(20)15-24-25)16-2-4-17(5-3-16)21(28)26-10-12-27(13-11-26)22(29)23(30)8-9-23/h2-7,14-15,30H,8-13H2,1H3. The molecule has 2 aromatic carbocycles. The van der Waals surface area contributed by atoms with Gasteiger partial charge in [-0.15, -0.1) is 0 Å². The van der Waals surface area contributed by atoms with Gasteiger partial charge >= 0.3 is 0 Å². The Morgan fingerprint density at radius 2 is 1.57 bits per heavy atom. The Bertz CT molecular complexity index is 1120. The van der Waals surface area contributed by atoms with Crippen molar-refractivity contribution in [1.29, 1.82) is 0 Å². The zero-order valence-corrected chi connectivity index (χ0v) is 16.9. The topological polar surface area (TPSA) is 78.7 Å². The summed E-state index contributed by atoms with van der Waals surface area (Å²) in [4.78, 5) is 28.6. The molecule has 2 aliphatic rings. The fraction of sp³-hybridized carbons (Fsp3) is 0.348. The molecule has 0 unspecified atom stereocenters. The Kier molecular flexibility index (Phi) is 4.36. The molecule has 2 heterocycles. The molecule has 0 atom stereocenters. The first-order valence-corrected chi connectivity index (χ1v) is 10.3. The molecule has 3 aromatic rings. The lowest BCUT2D eigenvalue weighted by molar-refractivity contribution is -0.143. The van der Waals surface area contributed by atoms with Crippen LogP contribution >= 0.6 is 0 Å². The molecule has 154 valence electrons. The molecule has 1 aromatic heterocycles. The van der Waals surface area contributed by atoms with Crippen LogP contribution in [0.3, 0.4) is 0 Å². The van der Waals surface area contributed by atoms with Crippen molar-refractivity contribution in [2.24, 2.45) is 7.05 Å².